The Morgan fingerprint density at radius 2 is 1.57 bits per heavy atom. The molecule has 0 spiro atoms. The SMILES string of the molecule is c1ccc(-c2cnc(Nc3cccc(-c4nc5ccccc5[nH]4)c3)nn2)cc1. The summed E-state index contributed by atoms with van der Waals surface area (Å²) in [6, 6.07) is 25.8. The van der Waals surface area contributed by atoms with Crippen molar-refractivity contribution in [2.75, 3.05) is 5.32 Å². The number of fused-ring (bicyclic) bond motifs is 1. The molecule has 6 nitrogen and oxygen atoms in total. The number of anilines is 2. The van der Waals surface area contributed by atoms with Crippen LogP contribution in [0.5, 0.6) is 0 Å². The second kappa shape index (κ2) is 6.92. The summed E-state index contributed by atoms with van der Waals surface area (Å²) in [6.45, 7) is 0. The van der Waals surface area contributed by atoms with E-state index in [0.717, 1.165) is 39.4 Å². The minimum absolute atomic E-state index is 0.446. The molecule has 2 aromatic heterocycles. The van der Waals surface area contributed by atoms with E-state index in [1.165, 1.54) is 0 Å². The van der Waals surface area contributed by atoms with E-state index in [9.17, 15) is 0 Å². The Labute approximate surface area is 161 Å². The zero-order valence-electron chi connectivity index (χ0n) is 14.9. The third kappa shape index (κ3) is 3.19. The van der Waals surface area contributed by atoms with Crippen LogP contribution in [0.15, 0.2) is 85.1 Å². The molecule has 0 fully saturated rings. The standard InChI is InChI=1S/C22H16N6/c1-2-7-15(8-3-1)20-14-23-22(28-27-20)24-17-10-6-9-16(13-17)21-25-18-11-4-5-12-19(18)26-21/h1-14H,(H,25,26)(H,23,24,28). The van der Waals surface area contributed by atoms with Gasteiger partial charge in [0.2, 0.25) is 5.95 Å². The summed E-state index contributed by atoms with van der Waals surface area (Å²) in [6.07, 6.45) is 1.72. The number of nitrogens with one attached hydrogen (secondary N) is 2. The van der Waals surface area contributed by atoms with Gasteiger partial charge in [-0.05, 0) is 24.3 Å². The second-order valence-corrected chi connectivity index (χ2v) is 6.34. The van der Waals surface area contributed by atoms with Gasteiger partial charge in [0.1, 0.15) is 11.5 Å². The van der Waals surface area contributed by atoms with Crippen LogP contribution in [0.4, 0.5) is 11.6 Å². The molecule has 0 aliphatic rings. The second-order valence-electron chi connectivity index (χ2n) is 6.34. The van der Waals surface area contributed by atoms with Crippen LogP contribution in [0.25, 0.3) is 33.7 Å². The predicted molar refractivity (Wildman–Crippen MR) is 110 cm³/mol. The minimum Gasteiger partial charge on any atom is -0.338 e. The molecule has 5 aromatic rings. The predicted octanol–water partition coefficient (Wildman–Crippen LogP) is 4.83. The van der Waals surface area contributed by atoms with Crippen molar-refractivity contribution in [2.24, 2.45) is 0 Å². The van der Waals surface area contributed by atoms with Gasteiger partial charge >= 0.3 is 0 Å². The van der Waals surface area contributed by atoms with Crippen molar-refractivity contribution < 1.29 is 0 Å². The molecule has 0 radical (unpaired) electrons. The Hall–Kier alpha value is -4.06. The van der Waals surface area contributed by atoms with Crippen molar-refractivity contribution in [1.29, 1.82) is 0 Å². The number of imidazole rings is 1. The fraction of sp³-hybridized carbons (Fsp3) is 0. The van der Waals surface area contributed by atoms with E-state index < -0.39 is 0 Å². The molecule has 0 amide bonds. The van der Waals surface area contributed by atoms with Gasteiger partial charge in [-0.3, -0.25) is 0 Å². The molecule has 0 saturated carbocycles. The van der Waals surface area contributed by atoms with E-state index in [2.05, 4.69) is 30.5 Å². The molecule has 0 aliphatic carbocycles. The first kappa shape index (κ1) is 16.1. The first-order chi connectivity index (χ1) is 13.8. The first-order valence-electron chi connectivity index (χ1n) is 8.92. The molecule has 6 heteroatoms. The largest absolute Gasteiger partial charge is 0.338 e. The summed E-state index contributed by atoms with van der Waals surface area (Å²) in [5.41, 5.74) is 5.53. The van der Waals surface area contributed by atoms with E-state index in [4.69, 9.17) is 0 Å². The molecule has 0 unspecified atom stereocenters. The lowest BCUT2D eigenvalue weighted by Gasteiger charge is -2.06. The van der Waals surface area contributed by atoms with Crippen molar-refractivity contribution in [1.82, 2.24) is 25.1 Å². The molecule has 5 rings (SSSR count). The number of aromatic nitrogens is 5. The number of nitrogens with zero attached hydrogens (tertiary/aromatic N) is 4. The van der Waals surface area contributed by atoms with Crippen LogP contribution in [0.1, 0.15) is 0 Å². The maximum absolute atomic E-state index is 4.65. The fourth-order valence-electron chi connectivity index (χ4n) is 3.04. The van der Waals surface area contributed by atoms with Gasteiger partial charge < -0.3 is 10.3 Å². The van der Waals surface area contributed by atoms with Gasteiger partial charge in [0.25, 0.3) is 0 Å². The number of rotatable bonds is 4. The van der Waals surface area contributed by atoms with Crippen molar-refractivity contribution >= 4 is 22.7 Å². The highest BCUT2D eigenvalue weighted by Crippen LogP contribution is 2.24. The first-order valence-corrected chi connectivity index (χ1v) is 8.92. The van der Waals surface area contributed by atoms with Gasteiger partial charge in [-0.25, -0.2) is 9.97 Å². The normalized spacial score (nSPS) is 10.9. The number of H-pyrrole nitrogens is 1. The molecule has 134 valence electrons. The lowest BCUT2D eigenvalue weighted by molar-refractivity contribution is 0.986. The highest BCUT2D eigenvalue weighted by Gasteiger charge is 2.07. The molecule has 0 aliphatic heterocycles. The summed E-state index contributed by atoms with van der Waals surface area (Å²) in [5.74, 6) is 1.27. The van der Waals surface area contributed by atoms with Gasteiger partial charge in [-0.15, -0.1) is 10.2 Å². The maximum Gasteiger partial charge on any atom is 0.247 e. The molecular weight excluding hydrogens is 348 g/mol. The molecule has 0 atom stereocenters. The van der Waals surface area contributed by atoms with Gasteiger partial charge in [0, 0.05) is 16.8 Å². The van der Waals surface area contributed by atoms with Crippen LogP contribution in [0.3, 0.4) is 0 Å². The number of aromatic amines is 1. The Morgan fingerprint density at radius 3 is 2.39 bits per heavy atom. The van der Waals surface area contributed by atoms with Crippen molar-refractivity contribution in [3.63, 3.8) is 0 Å². The molecule has 3 aromatic carbocycles. The number of hydrogen-bond acceptors (Lipinski definition) is 5. The minimum atomic E-state index is 0.446. The molecule has 2 N–H and O–H groups in total. The monoisotopic (exact) mass is 364 g/mol. The summed E-state index contributed by atoms with van der Waals surface area (Å²) >= 11 is 0. The Balaban J connectivity index is 1.39. The summed E-state index contributed by atoms with van der Waals surface area (Å²) in [7, 11) is 0. The zero-order chi connectivity index (χ0) is 18.8. The van der Waals surface area contributed by atoms with Crippen LogP contribution < -0.4 is 5.32 Å². The molecule has 0 saturated heterocycles. The lowest BCUT2D eigenvalue weighted by atomic mass is 10.2. The average Bonchev–Trinajstić information content (AvgIpc) is 3.20. The number of para-hydroxylation sites is 2. The Bertz CT molecular complexity index is 1200. The molecule has 2 heterocycles. The van der Waals surface area contributed by atoms with Gasteiger partial charge in [0.05, 0.1) is 17.2 Å². The highest BCUT2D eigenvalue weighted by atomic mass is 15.2. The Kier molecular flexibility index (Phi) is 3.99. The van der Waals surface area contributed by atoms with Crippen molar-refractivity contribution in [2.45, 2.75) is 0 Å². The van der Waals surface area contributed by atoms with Gasteiger partial charge in [0.15, 0.2) is 0 Å². The quantitative estimate of drug-likeness (QED) is 0.478. The van der Waals surface area contributed by atoms with Crippen LogP contribution in [0, 0.1) is 0 Å². The summed E-state index contributed by atoms with van der Waals surface area (Å²) in [4.78, 5) is 12.4. The fourth-order valence-corrected chi connectivity index (χ4v) is 3.04. The third-order valence-electron chi connectivity index (χ3n) is 4.41. The maximum atomic E-state index is 4.65. The van der Waals surface area contributed by atoms with E-state index in [1.807, 2.05) is 78.9 Å². The topological polar surface area (TPSA) is 79.4 Å². The number of benzene rings is 3. The highest BCUT2D eigenvalue weighted by molar-refractivity contribution is 5.80. The summed E-state index contributed by atoms with van der Waals surface area (Å²) in [5, 5.41) is 11.7. The zero-order valence-corrected chi connectivity index (χ0v) is 14.9. The molecule has 28 heavy (non-hydrogen) atoms. The van der Waals surface area contributed by atoms with E-state index in [0.29, 0.717) is 5.95 Å². The number of hydrogen-bond donors (Lipinski definition) is 2. The average molecular weight is 364 g/mol. The van der Waals surface area contributed by atoms with Gasteiger partial charge in [-0.2, -0.15) is 0 Å². The van der Waals surface area contributed by atoms with Gasteiger partial charge in [-0.1, -0.05) is 54.6 Å². The van der Waals surface area contributed by atoms with Crippen LogP contribution in [-0.4, -0.2) is 25.1 Å². The van der Waals surface area contributed by atoms with Crippen molar-refractivity contribution in [3.05, 3.63) is 85.1 Å². The van der Waals surface area contributed by atoms with E-state index in [1.54, 1.807) is 6.20 Å². The van der Waals surface area contributed by atoms with E-state index >= 15 is 0 Å². The molecule has 0 bridgehead atoms. The summed E-state index contributed by atoms with van der Waals surface area (Å²) < 4.78 is 0. The molecular formula is C22H16N6. The smallest absolute Gasteiger partial charge is 0.247 e. The van der Waals surface area contributed by atoms with Crippen LogP contribution >= 0.6 is 0 Å². The van der Waals surface area contributed by atoms with Crippen LogP contribution in [-0.2, 0) is 0 Å². The Morgan fingerprint density at radius 1 is 0.750 bits per heavy atom. The van der Waals surface area contributed by atoms with Crippen molar-refractivity contribution in [3.8, 4) is 22.6 Å². The van der Waals surface area contributed by atoms with Crippen LogP contribution in [0.2, 0.25) is 0 Å². The third-order valence-corrected chi connectivity index (χ3v) is 4.41. The lowest BCUT2D eigenvalue weighted by Crippen LogP contribution is -2.00. The van der Waals surface area contributed by atoms with E-state index in [-0.39, 0.29) is 0 Å².